The van der Waals surface area contributed by atoms with Crippen LogP contribution >= 0.6 is 11.3 Å². The topological polar surface area (TPSA) is 12.4 Å². The summed E-state index contributed by atoms with van der Waals surface area (Å²) in [4.78, 5) is 6.00. The molecule has 1 heterocycles. The smallest absolute Gasteiger partial charge is 0.0620 e. The highest BCUT2D eigenvalue weighted by atomic mass is 32.1. The molecule has 0 radical (unpaired) electrons. The van der Waals surface area contributed by atoms with Gasteiger partial charge in [-0.05, 0) is 61.9 Å². The van der Waals surface area contributed by atoms with E-state index in [2.05, 4.69) is 74.7 Å². The second-order valence-electron chi connectivity index (χ2n) is 5.03. The van der Waals surface area contributed by atoms with E-state index in [1.165, 1.54) is 21.6 Å². The summed E-state index contributed by atoms with van der Waals surface area (Å²) < 4.78 is 0. The summed E-state index contributed by atoms with van der Waals surface area (Å²) in [6, 6.07) is 12.6. The van der Waals surface area contributed by atoms with E-state index in [9.17, 15) is 0 Å². The first-order valence-corrected chi connectivity index (χ1v) is 7.99. The van der Waals surface area contributed by atoms with Crippen molar-refractivity contribution in [2.75, 3.05) is 0 Å². The molecular formula is C19H21NS. The van der Waals surface area contributed by atoms with Crippen LogP contribution in [0, 0.1) is 6.92 Å². The summed E-state index contributed by atoms with van der Waals surface area (Å²) >= 11 is 1.72. The number of aryl methyl sites for hydroxylation is 1. The Morgan fingerprint density at radius 1 is 1.10 bits per heavy atom. The zero-order chi connectivity index (χ0) is 15.2. The van der Waals surface area contributed by atoms with Crippen LogP contribution in [0.4, 0.5) is 0 Å². The molecule has 0 unspecified atom stereocenters. The highest BCUT2D eigenvalue weighted by molar-refractivity contribution is 7.12. The normalized spacial score (nSPS) is 13.6. The van der Waals surface area contributed by atoms with E-state index < -0.39 is 0 Å². The van der Waals surface area contributed by atoms with Gasteiger partial charge in [0, 0.05) is 4.88 Å². The van der Waals surface area contributed by atoms with Crippen LogP contribution in [0.3, 0.4) is 0 Å². The Morgan fingerprint density at radius 2 is 1.86 bits per heavy atom. The van der Waals surface area contributed by atoms with Gasteiger partial charge in [-0.1, -0.05) is 36.4 Å². The van der Waals surface area contributed by atoms with Crippen LogP contribution in [-0.4, -0.2) is 5.71 Å². The van der Waals surface area contributed by atoms with Gasteiger partial charge in [-0.2, -0.15) is 0 Å². The fraction of sp³-hybridized carbons (Fsp3) is 0.211. The number of benzene rings is 1. The van der Waals surface area contributed by atoms with Crippen molar-refractivity contribution < 1.29 is 0 Å². The fourth-order valence-corrected chi connectivity index (χ4v) is 2.83. The molecule has 1 nitrogen and oxygen atoms in total. The van der Waals surface area contributed by atoms with E-state index >= 15 is 0 Å². The van der Waals surface area contributed by atoms with Crippen LogP contribution in [0.2, 0.25) is 0 Å². The lowest BCUT2D eigenvalue weighted by atomic mass is 10.0. The van der Waals surface area contributed by atoms with E-state index in [1.807, 2.05) is 6.92 Å². The Morgan fingerprint density at radius 3 is 2.48 bits per heavy atom. The number of aliphatic imine (C=N–C) groups is 1. The largest absolute Gasteiger partial charge is 0.252 e. The van der Waals surface area contributed by atoms with Gasteiger partial charge in [-0.3, -0.25) is 4.99 Å². The Kier molecular flexibility index (Phi) is 5.29. The van der Waals surface area contributed by atoms with Gasteiger partial charge in [-0.25, -0.2) is 0 Å². The molecule has 21 heavy (non-hydrogen) atoms. The van der Waals surface area contributed by atoms with Crippen LogP contribution in [0.1, 0.15) is 36.8 Å². The van der Waals surface area contributed by atoms with Crippen molar-refractivity contribution in [2.24, 2.45) is 4.99 Å². The van der Waals surface area contributed by atoms with Gasteiger partial charge >= 0.3 is 0 Å². The monoisotopic (exact) mass is 295 g/mol. The summed E-state index contributed by atoms with van der Waals surface area (Å²) in [6.07, 6.45) is 4.27. The molecule has 0 fully saturated rings. The van der Waals surface area contributed by atoms with Crippen LogP contribution < -0.4 is 0 Å². The van der Waals surface area contributed by atoms with Crippen LogP contribution in [0.25, 0.3) is 6.08 Å². The molecule has 0 aliphatic carbocycles. The molecule has 0 N–H and O–H groups in total. The fourth-order valence-electron chi connectivity index (χ4n) is 2.16. The third-order valence-electron chi connectivity index (χ3n) is 3.40. The number of nitrogens with zero attached hydrogens (tertiary/aromatic N) is 1. The van der Waals surface area contributed by atoms with Crippen molar-refractivity contribution in [3.8, 4) is 0 Å². The van der Waals surface area contributed by atoms with Crippen molar-refractivity contribution in [3.63, 3.8) is 0 Å². The van der Waals surface area contributed by atoms with Crippen molar-refractivity contribution >= 4 is 23.1 Å². The highest BCUT2D eigenvalue weighted by Crippen LogP contribution is 2.20. The van der Waals surface area contributed by atoms with Gasteiger partial charge in [0.15, 0.2) is 0 Å². The van der Waals surface area contributed by atoms with E-state index in [0.717, 1.165) is 11.4 Å². The van der Waals surface area contributed by atoms with E-state index in [-0.39, 0.29) is 0 Å². The molecule has 2 aromatic rings. The number of hydrogen-bond donors (Lipinski definition) is 0. The first-order valence-electron chi connectivity index (χ1n) is 7.11. The zero-order valence-electron chi connectivity index (χ0n) is 13.1. The Bertz CT molecular complexity index is 688. The number of allylic oxidation sites excluding steroid dienone is 2. The van der Waals surface area contributed by atoms with Gasteiger partial charge in [0.05, 0.1) is 11.4 Å². The molecule has 0 aliphatic heterocycles. The molecule has 108 valence electrons. The Balaban J connectivity index is 2.30. The molecule has 0 saturated carbocycles. The van der Waals surface area contributed by atoms with Gasteiger partial charge in [0.25, 0.3) is 0 Å². The molecule has 2 heteroatoms. The number of rotatable bonds is 4. The maximum absolute atomic E-state index is 4.78. The molecule has 0 aliphatic rings. The number of hydrogen-bond acceptors (Lipinski definition) is 2. The lowest BCUT2D eigenvalue weighted by molar-refractivity contribution is 1.27. The van der Waals surface area contributed by atoms with Crippen molar-refractivity contribution in [1.29, 1.82) is 0 Å². The molecule has 0 amide bonds. The summed E-state index contributed by atoms with van der Waals surface area (Å²) in [5.41, 5.74) is 5.81. The maximum atomic E-state index is 4.78. The molecular weight excluding hydrogens is 274 g/mol. The summed E-state index contributed by atoms with van der Waals surface area (Å²) in [5.74, 6) is 0. The van der Waals surface area contributed by atoms with E-state index in [1.54, 1.807) is 11.3 Å². The van der Waals surface area contributed by atoms with Crippen LogP contribution in [-0.2, 0) is 0 Å². The molecule has 1 aromatic heterocycles. The maximum Gasteiger partial charge on any atom is 0.0620 e. The first-order chi connectivity index (χ1) is 10.1. The van der Waals surface area contributed by atoms with Crippen LogP contribution in [0.15, 0.2) is 64.1 Å². The molecule has 0 saturated heterocycles. The first kappa shape index (κ1) is 15.5. The third kappa shape index (κ3) is 4.02. The SMILES string of the molecule is C/C=C(N=C(C)c1cccs1)/C(C)=C/c1ccccc1C. The average Bonchev–Trinajstić information content (AvgIpc) is 3.01. The van der Waals surface area contributed by atoms with E-state index in [4.69, 9.17) is 4.99 Å². The predicted octanol–water partition coefficient (Wildman–Crippen LogP) is 5.87. The quantitative estimate of drug-likeness (QED) is 0.494. The zero-order valence-corrected chi connectivity index (χ0v) is 13.9. The molecule has 2 rings (SSSR count). The molecule has 0 bridgehead atoms. The van der Waals surface area contributed by atoms with Crippen molar-refractivity contribution in [3.05, 3.63) is 75.1 Å². The third-order valence-corrected chi connectivity index (χ3v) is 4.38. The predicted molar refractivity (Wildman–Crippen MR) is 95.1 cm³/mol. The Hall–Kier alpha value is -1.93. The van der Waals surface area contributed by atoms with Gasteiger partial charge in [0.2, 0.25) is 0 Å². The summed E-state index contributed by atoms with van der Waals surface area (Å²) in [7, 11) is 0. The van der Waals surface area contributed by atoms with Gasteiger partial charge in [0.1, 0.15) is 0 Å². The minimum atomic E-state index is 1.03. The highest BCUT2D eigenvalue weighted by Gasteiger charge is 2.03. The van der Waals surface area contributed by atoms with Crippen LogP contribution in [0.5, 0.6) is 0 Å². The van der Waals surface area contributed by atoms with Crippen molar-refractivity contribution in [1.82, 2.24) is 0 Å². The van der Waals surface area contributed by atoms with E-state index in [0.29, 0.717) is 0 Å². The lowest BCUT2D eigenvalue weighted by Gasteiger charge is -2.06. The second kappa shape index (κ2) is 7.19. The van der Waals surface area contributed by atoms with Crippen molar-refractivity contribution in [2.45, 2.75) is 27.7 Å². The Labute approximate surface area is 131 Å². The summed E-state index contributed by atoms with van der Waals surface area (Å²) in [5, 5.41) is 2.08. The molecule has 0 atom stereocenters. The standard InChI is InChI=1S/C19H21NS/c1-5-18(20-16(4)19-11-8-12-21-19)15(3)13-17-10-7-6-9-14(17)2/h5-13H,1-4H3/b15-13+,18-5-,20-16?. The van der Waals surface area contributed by atoms with Gasteiger partial charge < -0.3 is 0 Å². The summed E-state index contributed by atoms with van der Waals surface area (Å²) in [6.45, 7) is 8.35. The molecule has 1 aromatic carbocycles. The number of thiophene rings is 1. The minimum absolute atomic E-state index is 1.03. The second-order valence-corrected chi connectivity index (χ2v) is 5.98. The average molecular weight is 295 g/mol. The molecule has 0 spiro atoms. The lowest BCUT2D eigenvalue weighted by Crippen LogP contribution is -1.93. The van der Waals surface area contributed by atoms with Gasteiger partial charge in [-0.15, -0.1) is 11.3 Å². The minimum Gasteiger partial charge on any atom is -0.252 e.